The van der Waals surface area contributed by atoms with Crippen LogP contribution in [-0.2, 0) is 0 Å². The van der Waals surface area contributed by atoms with E-state index in [2.05, 4.69) is 15.3 Å². The third-order valence-corrected chi connectivity index (χ3v) is 2.65. The van der Waals surface area contributed by atoms with Crippen LogP contribution < -0.4 is 9.47 Å². The lowest BCUT2D eigenvalue weighted by Gasteiger charge is -2.11. The summed E-state index contributed by atoms with van der Waals surface area (Å²) in [5.74, 6) is 1.33. The Hall–Kier alpha value is -2.15. The zero-order chi connectivity index (χ0) is 13.7. The molecule has 0 spiro atoms. The van der Waals surface area contributed by atoms with E-state index < -0.39 is 0 Å². The van der Waals surface area contributed by atoms with Crippen molar-refractivity contribution in [2.75, 3.05) is 13.7 Å². The Balaban J connectivity index is 2.36. The number of aromatic amines is 1. The minimum absolute atomic E-state index is 0.428. The van der Waals surface area contributed by atoms with Crippen LogP contribution in [0.3, 0.4) is 0 Å². The molecule has 100 valence electrons. The molecule has 19 heavy (non-hydrogen) atoms. The van der Waals surface area contributed by atoms with E-state index in [4.69, 9.17) is 21.7 Å². The van der Waals surface area contributed by atoms with Gasteiger partial charge in [0.15, 0.2) is 11.5 Å². The first-order valence-corrected chi connectivity index (χ1v) is 6.13. The van der Waals surface area contributed by atoms with Crippen LogP contribution >= 0.6 is 12.2 Å². The van der Waals surface area contributed by atoms with Crippen molar-refractivity contribution in [3.63, 3.8) is 0 Å². The number of H-pyrrole nitrogens is 1. The zero-order valence-electron chi connectivity index (χ0n) is 10.7. The second kappa shape index (κ2) is 6.14. The summed E-state index contributed by atoms with van der Waals surface area (Å²) >= 11 is 5.01. The molecule has 0 amide bonds. The van der Waals surface area contributed by atoms with E-state index >= 15 is 0 Å². The molecule has 0 fully saturated rings. The standard InChI is InChI=1S/C12H14N4O2S/c1-3-18-11-9(5-4-6-10(11)17-2)7-14-16-8-13-15-12(16)19/h4-8H,3H2,1-2H3,(H,15,19)/b14-7+. The van der Waals surface area contributed by atoms with Gasteiger partial charge in [0.25, 0.3) is 0 Å². The van der Waals surface area contributed by atoms with Gasteiger partial charge >= 0.3 is 0 Å². The minimum Gasteiger partial charge on any atom is -0.493 e. The molecule has 2 aromatic rings. The summed E-state index contributed by atoms with van der Waals surface area (Å²) in [6, 6.07) is 5.60. The average Bonchev–Trinajstić information content (AvgIpc) is 2.83. The number of methoxy groups -OCH3 is 1. The zero-order valence-corrected chi connectivity index (χ0v) is 11.5. The van der Waals surface area contributed by atoms with E-state index in [1.54, 1.807) is 13.3 Å². The van der Waals surface area contributed by atoms with Crippen LogP contribution in [0.5, 0.6) is 11.5 Å². The number of benzene rings is 1. The van der Waals surface area contributed by atoms with Crippen LogP contribution in [-0.4, -0.2) is 34.8 Å². The molecule has 0 bridgehead atoms. The van der Waals surface area contributed by atoms with Gasteiger partial charge in [-0.3, -0.25) is 5.10 Å². The van der Waals surface area contributed by atoms with E-state index in [1.165, 1.54) is 11.0 Å². The van der Waals surface area contributed by atoms with Gasteiger partial charge in [0.2, 0.25) is 4.77 Å². The van der Waals surface area contributed by atoms with Crippen molar-refractivity contribution in [2.24, 2.45) is 5.10 Å². The van der Waals surface area contributed by atoms with Crippen LogP contribution in [0.4, 0.5) is 0 Å². The molecule has 0 radical (unpaired) electrons. The molecule has 0 aliphatic rings. The van der Waals surface area contributed by atoms with Crippen LogP contribution in [0.25, 0.3) is 0 Å². The number of aromatic nitrogens is 3. The number of hydrogen-bond acceptors (Lipinski definition) is 5. The van der Waals surface area contributed by atoms with Gasteiger partial charge in [-0.1, -0.05) is 6.07 Å². The lowest BCUT2D eigenvalue weighted by molar-refractivity contribution is 0.310. The molecule has 2 rings (SSSR count). The van der Waals surface area contributed by atoms with E-state index in [9.17, 15) is 0 Å². The largest absolute Gasteiger partial charge is 0.493 e. The minimum atomic E-state index is 0.428. The van der Waals surface area contributed by atoms with E-state index in [0.29, 0.717) is 22.9 Å². The summed E-state index contributed by atoms with van der Waals surface area (Å²) < 4.78 is 12.7. The molecular formula is C12H14N4O2S. The molecular weight excluding hydrogens is 264 g/mol. The summed E-state index contributed by atoms with van der Waals surface area (Å²) in [6.07, 6.45) is 3.15. The normalized spacial score (nSPS) is 10.8. The molecule has 7 heteroatoms. The molecule has 0 saturated carbocycles. The number of para-hydroxylation sites is 1. The maximum atomic E-state index is 5.58. The first-order chi connectivity index (χ1) is 9.26. The van der Waals surface area contributed by atoms with Gasteiger partial charge in [-0.05, 0) is 31.3 Å². The molecule has 1 N–H and O–H groups in total. The van der Waals surface area contributed by atoms with Gasteiger partial charge in [0, 0.05) is 5.56 Å². The molecule has 1 heterocycles. The molecule has 0 saturated heterocycles. The van der Waals surface area contributed by atoms with Crippen molar-refractivity contribution in [2.45, 2.75) is 6.92 Å². The summed E-state index contributed by atoms with van der Waals surface area (Å²) in [6.45, 7) is 2.46. The smallest absolute Gasteiger partial charge is 0.216 e. The van der Waals surface area contributed by atoms with Crippen molar-refractivity contribution in [3.05, 3.63) is 34.9 Å². The van der Waals surface area contributed by atoms with Gasteiger partial charge in [-0.15, -0.1) is 0 Å². The maximum absolute atomic E-state index is 5.58. The van der Waals surface area contributed by atoms with Crippen LogP contribution in [0, 0.1) is 4.77 Å². The topological polar surface area (TPSA) is 64.4 Å². The number of ether oxygens (including phenoxy) is 2. The third-order valence-electron chi connectivity index (χ3n) is 2.37. The predicted octanol–water partition coefficient (Wildman–Crippen LogP) is 2.23. The number of nitrogens with one attached hydrogen (secondary N) is 1. The van der Waals surface area contributed by atoms with E-state index in [0.717, 1.165) is 5.56 Å². The third kappa shape index (κ3) is 3.00. The number of hydrogen-bond donors (Lipinski definition) is 1. The molecule has 0 unspecified atom stereocenters. The maximum Gasteiger partial charge on any atom is 0.216 e. The number of nitrogens with zero attached hydrogens (tertiary/aromatic N) is 3. The van der Waals surface area contributed by atoms with Gasteiger partial charge in [-0.2, -0.15) is 14.9 Å². The quantitative estimate of drug-likeness (QED) is 0.673. The first kappa shape index (κ1) is 13.3. The Labute approximate surface area is 115 Å². The Kier molecular flexibility index (Phi) is 4.30. The fourth-order valence-electron chi connectivity index (χ4n) is 1.54. The molecule has 0 atom stereocenters. The predicted molar refractivity (Wildman–Crippen MR) is 74.6 cm³/mol. The fourth-order valence-corrected chi connectivity index (χ4v) is 1.69. The fraction of sp³-hybridized carbons (Fsp3) is 0.250. The highest BCUT2D eigenvalue weighted by Gasteiger charge is 2.08. The van der Waals surface area contributed by atoms with Gasteiger partial charge < -0.3 is 9.47 Å². The summed E-state index contributed by atoms with van der Waals surface area (Å²) in [4.78, 5) is 0. The van der Waals surface area contributed by atoms with Crippen molar-refractivity contribution < 1.29 is 9.47 Å². The van der Waals surface area contributed by atoms with Crippen molar-refractivity contribution >= 4 is 18.4 Å². The highest BCUT2D eigenvalue weighted by Crippen LogP contribution is 2.29. The Morgan fingerprint density at radius 2 is 2.37 bits per heavy atom. The van der Waals surface area contributed by atoms with E-state index in [-0.39, 0.29) is 0 Å². The molecule has 0 aliphatic heterocycles. The van der Waals surface area contributed by atoms with Gasteiger partial charge in [0.1, 0.15) is 6.33 Å². The van der Waals surface area contributed by atoms with Crippen LogP contribution in [0.15, 0.2) is 29.6 Å². The second-order valence-electron chi connectivity index (χ2n) is 3.56. The average molecular weight is 278 g/mol. The first-order valence-electron chi connectivity index (χ1n) is 5.72. The highest BCUT2D eigenvalue weighted by molar-refractivity contribution is 7.71. The van der Waals surface area contributed by atoms with Gasteiger partial charge in [0.05, 0.1) is 19.9 Å². The molecule has 1 aromatic carbocycles. The van der Waals surface area contributed by atoms with E-state index in [1.807, 2.05) is 25.1 Å². The van der Waals surface area contributed by atoms with Crippen LogP contribution in [0.2, 0.25) is 0 Å². The Morgan fingerprint density at radius 1 is 1.53 bits per heavy atom. The highest BCUT2D eigenvalue weighted by atomic mass is 32.1. The molecule has 1 aromatic heterocycles. The second-order valence-corrected chi connectivity index (χ2v) is 3.95. The SMILES string of the molecule is CCOc1c(/C=N/n2cn[nH]c2=S)cccc1OC. The van der Waals surface area contributed by atoms with Gasteiger partial charge in [-0.25, -0.2) is 0 Å². The summed E-state index contributed by atoms with van der Waals surface area (Å²) in [5.41, 5.74) is 0.810. The molecule has 6 nitrogen and oxygen atoms in total. The number of rotatable bonds is 5. The molecule has 0 aliphatic carbocycles. The van der Waals surface area contributed by atoms with Crippen molar-refractivity contribution in [1.29, 1.82) is 0 Å². The lowest BCUT2D eigenvalue weighted by Crippen LogP contribution is -2.00. The van der Waals surface area contributed by atoms with Crippen LogP contribution in [0.1, 0.15) is 12.5 Å². The van der Waals surface area contributed by atoms with Crippen molar-refractivity contribution in [3.8, 4) is 11.5 Å². The summed E-state index contributed by atoms with van der Waals surface area (Å²) in [7, 11) is 1.60. The monoisotopic (exact) mass is 278 g/mol. The summed E-state index contributed by atoms with van der Waals surface area (Å²) in [5, 5.41) is 10.6. The Morgan fingerprint density at radius 3 is 3.00 bits per heavy atom. The lowest BCUT2D eigenvalue weighted by atomic mass is 10.2. The van der Waals surface area contributed by atoms with Crippen molar-refractivity contribution in [1.82, 2.24) is 14.9 Å². The Bertz CT molecular complexity index is 633.